The van der Waals surface area contributed by atoms with Gasteiger partial charge >= 0.3 is 0 Å². The van der Waals surface area contributed by atoms with Crippen LogP contribution in [-0.4, -0.2) is 34.8 Å². The van der Waals surface area contributed by atoms with Gasteiger partial charge in [0, 0.05) is 6.54 Å². The van der Waals surface area contributed by atoms with Crippen LogP contribution in [0.2, 0.25) is 0 Å². The fraction of sp³-hybridized carbons (Fsp3) is 0.867. The van der Waals surface area contributed by atoms with E-state index in [9.17, 15) is 9.59 Å². The van der Waals surface area contributed by atoms with Gasteiger partial charge in [-0.25, -0.2) is 0 Å². The minimum absolute atomic E-state index is 0.00283. The highest BCUT2D eigenvalue weighted by molar-refractivity contribution is 5.99. The molecule has 1 aliphatic rings. The molecule has 4 heteroatoms. The number of nitrogens with one attached hydrogen (secondary N) is 1. The number of piperazine rings is 1. The van der Waals surface area contributed by atoms with Crippen molar-refractivity contribution in [2.45, 2.75) is 77.8 Å². The van der Waals surface area contributed by atoms with E-state index in [0.717, 1.165) is 12.8 Å². The molecule has 2 amide bonds. The monoisotopic (exact) mass is 268 g/mol. The average molecular weight is 268 g/mol. The van der Waals surface area contributed by atoms with E-state index < -0.39 is 5.54 Å². The Morgan fingerprint density at radius 1 is 1.16 bits per heavy atom. The van der Waals surface area contributed by atoms with Crippen LogP contribution in [0.3, 0.4) is 0 Å². The first kappa shape index (κ1) is 16.0. The molecule has 1 rings (SSSR count). The molecule has 0 saturated carbocycles. The van der Waals surface area contributed by atoms with E-state index in [1.54, 1.807) is 0 Å². The molecule has 0 aromatic heterocycles. The fourth-order valence-electron chi connectivity index (χ4n) is 2.61. The van der Waals surface area contributed by atoms with Crippen molar-refractivity contribution in [2.24, 2.45) is 0 Å². The van der Waals surface area contributed by atoms with Gasteiger partial charge in [-0.3, -0.25) is 9.59 Å². The number of unbranched alkanes of at least 4 members (excludes halogenated alkanes) is 3. The third kappa shape index (κ3) is 3.28. The minimum Gasteiger partial charge on any atom is -0.342 e. The third-order valence-electron chi connectivity index (χ3n) is 4.29. The zero-order chi connectivity index (χ0) is 14.5. The fourth-order valence-corrected chi connectivity index (χ4v) is 2.61. The molecule has 19 heavy (non-hydrogen) atoms. The number of nitrogens with zero attached hydrogens (tertiary/aromatic N) is 1. The first-order valence-corrected chi connectivity index (χ1v) is 7.63. The second-order valence-electron chi connectivity index (χ2n) is 5.61. The maximum Gasteiger partial charge on any atom is 0.246 e. The summed E-state index contributed by atoms with van der Waals surface area (Å²) >= 11 is 0. The van der Waals surface area contributed by atoms with E-state index in [4.69, 9.17) is 0 Å². The summed E-state index contributed by atoms with van der Waals surface area (Å²) < 4.78 is 0. The van der Waals surface area contributed by atoms with Crippen molar-refractivity contribution in [3.05, 3.63) is 0 Å². The molecular weight excluding hydrogens is 240 g/mol. The number of carbonyl (C=O) groups excluding carboxylic acids is 2. The van der Waals surface area contributed by atoms with Crippen LogP contribution < -0.4 is 5.32 Å². The molecular formula is C15H28N2O2. The molecule has 1 aliphatic heterocycles. The van der Waals surface area contributed by atoms with Gasteiger partial charge in [0.05, 0.1) is 0 Å². The highest BCUT2D eigenvalue weighted by atomic mass is 16.2. The smallest absolute Gasteiger partial charge is 0.246 e. The van der Waals surface area contributed by atoms with E-state index in [2.05, 4.69) is 12.2 Å². The van der Waals surface area contributed by atoms with Crippen molar-refractivity contribution in [1.82, 2.24) is 10.2 Å². The predicted octanol–water partition coefficient (Wildman–Crippen LogP) is 2.47. The second-order valence-corrected chi connectivity index (χ2v) is 5.61. The Morgan fingerprint density at radius 3 is 2.37 bits per heavy atom. The van der Waals surface area contributed by atoms with Crippen molar-refractivity contribution in [3.63, 3.8) is 0 Å². The number of hydrogen-bond acceptors (Lipinski definition) is 2. The van der Waals surface area contributed by atoms with E-state index in [-0.39, 0.29) is 17.9 Å². The summed E-state index contributed by atoms with van der Waals surface area (Å²) in [7, 11) is 0. The van der Waals surface area contributed by atoms with Crippen molar-refractivity contribution in [1.29, 1.82) is 0 Å². The number of carbonyl (C=O) groups is 2. The van der Waals surface area contributed by atoms with E-state index in [1.165, 1.54) is 12.8 Å². The quantitative estimate of drug-likeness (QED) is 0.721. The summed E-state index contributed by atoms with van der Waals surface area (Å²) in [5.41, 5.74) is -0.672. The lowest BCUT2D eigenvalue weighted by Gasteiger charge is -2.46. The summed E-state index contributed by atoms with van der Waals surface area (Å²) in [6.07, 6.45) is 5.80. The van der Waals surface area contributed by atoms with Gasteiger partial charge in [-0.2, -0.15) is 0 Å². The van der Waals surface area contributed by atoms with Crippen LogP contribution in [0, 0.1) is 0 Å². The summed E-state index contributed by atoms with van der Waals surface area (Å²) in [6.45, 7) is 8.66. The van der Waals surface area contributed by atoms with Crippen LogP contribution >= 0.6 is 0 Å². The highest BCUT2D eigenvalue weighted by Gasteiger charge is 2.47. The molecule has 0 aliphatic carbocycles. The summed E-state index contributed by atoms with van der Waals surface area (Å²) in [5, 5.41) is 2.86. The van der Waals surface area contributed by atoms with Crippen molar-refractivity contribution < 1.29 is 9.59 Å². The molecule has 2 unspecified atom stereocenters. The Hall–Kier alpha value is -1.06. The molecule has 1 fully saturated rings. The average Bonchev–Trinajstić information content (AvgIpc) is 2.42. The molecule has 4 nitrogen and oxygen atoms in total. The SMILES string of the molecule is CCCCCCN1C(=O)C(CC)NC(=O)C1(C)CC. The summed E-state index contributed by atoms with van der Waals surface area (Å²) in [6, 6.07) is -0.335. The van der Waals surface area contributed by atoms with Crippen molar-refractivity contribution in [3.8, 4) is 0 Å². The summed E-state index contributed by atoms with van der Waals surface area (Å²) in [4.78, 5) is 26.5. The molecule has 0 spiro atoms. The molecule has 1 saturated heterocycles. The van der Waals surface area contributed by atoms with Crippen LogP contribution in [0.1, 0.15) is 66.2 Å². The molecule has 1 N–H and O–H groups in total. The topological polar surface area (TPSA) is 49.4 Å². The maximum atomic E-state index is 12.5. The Balaban J connectivity index is 2.78. The minimum atomic E-state index is -0.672. The molecule has 0 radical (unpaired) electrons. The van der Waals surface area contributed by atoms with Crippen LogP contribution in [0.25, 0.3) is 0 Å². The zero-order valence-corrected chi connectivity index (χ0v) is 12.8. The molecule has 0 aromatic rings. The highest BCUT2D eigenvalue weighted by Crippen LogP contribution is 2.26. The van der Waals surface area contributed by atoms with Gasteiger partial charge in [-0.1, -0.05) is 40.0 Å². The van der Waals surface area contributed by atoms with Crippen LogP contribution in [0.5, 0.6) is 0 Å². The first-order chi connectivity index (χ1) is 9.01. The predicted molar refractivity (Wildman–Crippen MR) is 76.8 cm³/mol. The molecule has 0 bridgehead atoms. The maximum absolute atomic E-state index is 12.5. The third-order valence-corrected chi connectivity index (χ3v) is 4.29. The Labute approximate surface area is 116 Å². The van der Waals surface area contributed by atoms with Crippen LogP contribution in [0.4, 0.5) is 0 Å². The van der Waals surface area contributed by atoms with Crippen LogP contribution in [-0.2, 0) is 9.59 Å². The normalized spacial score (nSPS) is 27.6. The lowest BCUT2D eigenvalue weighted by molar-refractivity contribution is -0.156. The van der Waals surface area contributed by atoms with E-state index >= 15 is 0 Å². The number of hydrogen-bond donors (Lipinski definition) is 1. The van der Waals surface area contributed by atoms with Gasteiger partial charge in [-0.15, -0.1) is 0 Å². The van der Waals surface area contributed by atoms with Gasteiger partial charge < -0.3 is 10.2 Å². The van der Waals surface area contributed by atoms with Gasteiger partial charge in [0.2, 0.25) is 11.8 Å². The van der Waals surface area contributed by atoms with Gasteiger partial charge in [0.1, 0.15) is 11.6 Å². The molecule has 2 atom stereocenters. The second kappa shape index (κ2) is 6.92. The molecule has 1 heterocycles. The summed E-state index contributed by atoms with van der Waals surface area (Å²) in [5.74, 6) is 0.0832. The Bertz CT molecular complexity index is 330. The molecule has 110 valence electrons. The van der Waals surface area contributed by atoms with E-state index in [0.29, 0.717) is 19.4 Å². The zero-order valence-electron chi connectivity index (χ0n) is 12.8. The van der Waals surface area contributed by atoms with Gasteiger partial charge in [0.15, 0.2) is 0 Å². The van der Waals surface area contributed by atoms with Gasteiger partial charge in [-0.05, 0) is 26.2 Å². The largest absolute Gasteiger partial charge is 0.342 e. The standard InChI is InChI=1S/C15H28N2O2/c1-5-8-9-10-11-17-13(18)12(6-2)16-14(19)15(17,4)7-3/h12H,5-11H2,1-4H3,(H,16,19). The first-order valence-electron chi connectivity index (χ1n) is 7.63. The Kier molecular flexibility index (Phi) is 5.83. The van der Waals surface area contributed by atoms with Crippen molar-refractivity contribution >= 4 is 11.8 Å². The van der Waals surface area contributed by atoms with Crippen LogP contribution in [0.15, 0.2) is 0 Å². The van der Waals surface area contributed by atoms with Crippen molar-refractivity contribution in [2.75, 3.05) is 6.54 Å². The number of rotatable bonds is 7. The Morgan fingerprint density at radius 2 is 1.84 bits per heavy atom. The lowest BCUT2D eigenvalue weighted by atomic mass is 9.89. The molecule has 0 aromatic carbocycles. The lowest BCUT2D eigenvalue weighted by Crippen LogP contribution is -2.69. The van der Waals surface area contributed by atoms with E-state index in [1.807, 2.05) is 25.7 Å². The number of amides is 2. The van der Waals surface area contributed by atoms with Gasteiger partial charge in [0.25, 0.3) is 0 Å².